The van der Waals surface area contributed by atoms with Gasteiger partial charge in [0.25, 0.3) is 0 Å². The lowest BCUT2D eigenvalue weighted by Crippen LogP contribution is -2.26. The number of halogens is 1. The molecule has 0 aliphatic carbocycles. The summed E-state index contributed by atoms with van der Waals surface area (Å²) in [7, 11) is 3.31. The highest BCUT2D eigenvalue weighted by molar-refractivity contribution is 9.10. The van der Waals surface area contributed by atoms with Gasteiger partial charge in [-0.2, -0.15) is 0 Å². The molecule has 96 valence electrons. The molecule has 0 radical (unpaired) electrons. The van der Waals surface area contributed by atoms with Crippen LogP contribution in [0.4, 0.5) is 0 Å². The Labute approximate surface area is 111 Å². The molecule has 0 saturated heterocycles. The third kappa shape index (κ3) is 3.98. The number of phenolic OH excluding ortho intramolecular Hbond substituents is 1. The molecule has 17 heavy (non-hydrogen) atoms. The summed E-state index contributed by atoms with van der Waals surface area (Å²) in [5.74, 6) is 0.243. The molecule has 4 heteroatoms. The SMILES string of the molecule is COC(CC(C)(C)OC)c1cc(Br)ccc1O. The highest BCUT2D eigenvalue weighted by Gasteiger charge is 2.25. The Morgan fingerprint density at radius 1 is 1.35 bits per heavy atom. The van der Waals surface area contributed by atoms with Crippen LogP contribution in [0.25, 0.3) is 0 Å². The molecule has 1 aromatic rings. The molecule has 1 rings (SSSR count). The average molecular weight is 303 g/mol. The lowest BCUT2D eigenvalue weighted by Gasteiger charge is -2.28. The molecule has 0 spiro atoms. The van der Waals surface area contributed by atoms with Crippen LogP contribution in [0.15, 0.2) is 22.7 Å². The van der Waals surface area contributed by atoms with E-state index in [1.165, 1.54) is 0 Å². The quantitative estimate of drug-likeness (QED) is 0.902. The monoisotopic (exact) mass is 302 g/mol. The number of hydrogen-bond donors (Lipinski definition) is 1. The van der Waals surface area contributed by atoms with E-state index in [-0.39, 0.29) is 17.5 Å². The van der Waals surface area contributed by atoms with E-state index in [1.54, 1.807) is 26.4 Å². The van der Waals surface area contributed by atoms with E-state index in [9.17, 15) is 5.11 Å². The largest absolute Gasteiger partial charge is 0.508 e. The van der Waals surface area contributed by atoms with Crippen molar-refractivity contribution in [3.05, 3.63) is 28.2 Å². The maximum absolute atomic E-state index is 9.86. The van der Waals surface area contributed by atoms with Crippen molar-refractivity contribution in [3.8, 4) is 5.75 Å². The predicted molar refractivity (Wildman–Crippen MR) is 71.3 cm³/mol. The minimum absolute atomic E-state index is 0.192. The first-order valence-corrected chi connectivity index (χ1v) is 6.25. The lowest BCUT2D eigenvalue weighted by atomic mass is 9.95. The standard InChI is InChI=1S/C13H19BrO3/c1-13(2,17-4)8-12(16-3)10-7-9(14)5-6-11(10)15/h5-7,12,15H,8H2,1-4H3. The van der Waals surface area contributed by atoms with Crippen molar-refractivity contribution in [2.24, 2.45) is 0 Å². The first-order valence-electron chi connectivity index (χ1n) is 5.46. The molecule has 0 heterocycles. The summed E-state index contributed by atoms with van der Waals surface area (Å²) in [6.45, 7) is 3.99. The Kier molecular flexibility index (Phi) is 4.98. The molecule has 1 atom stereocenters. The topological polar surface area (TPSA) is 38.7 Å². The van der Waals surface area contributed by atoms with Crippen LogP contribution in [0, 0.1) is 0 Å². The number of methoxy groups -OCH3 is 2. The Bertz CT molecular complexity index is 377. The van der Waals surface area contributed by atoms with Crippen molar-refractivity contribution >= 4 is 15.9 Å². The van der Waals surface area contributed by atoms with Crippen molar-refractivity contribution in [1.82, 2.24) is 0 Å². The van der Waals surface area contributed by atoms with Crippen LogP contribution in [0.5, 0.6) is 5.75 Å². The summed E-state index contributed by atoms with van der Waals surface area (Å²) in [6, 6.07) is 5.33. The van der Waals surface area contributed by atoms with E-state index >= 15 is 0 Å². The summed E-state index contributed by atoms with van der Waals surface area (Å²) in [5.41, 5.74) is 0.474. The average Bonchev–Trinajstić information content (AvgIpc) is 2.29. The van der Waals surface area contributed by atoms with Gasteiger partial charge in [-0.1, -0.05) is 15.9 Å². The fourth-order valence-electron chi connectivity index (χ4n) is 1.63. The van der Waals surface area contributed by atoms with Crippen LogP contribution in [-0.2, 0) is 9.47 Å². The van der Waals surface area contributed by atoms with E-state index < -0.39 is 0 Å². The highest BCUT2D eigenvalue weighted by Crippen LogP contribution is 2.35. The first kappa shape index (κ1) is 14.5. The van der Waals surface area contributed by atoms with Crippen LogP contribution in [0.1, 0.15) is 31.9 Å². The Balaban J connectivity index is 2.97. The van der Waals surface area contributed by atoms with Gasteiger partial charge in [0.1, 0.15) is 5.75 Å². The van der Waals surface area contributed by atoms with Gasteiger partial charge in [0.2, 0.25) is 0 Å². The van der Waals surface area contributed by atoms with Crippen molar-refractivity contribution in [3.63, 3.8) is 0 Å². The lowest BCUT2D eigenvalue weighted by molar-refractivity contribution is -0.0329. The molecule has 0 bridgehead atoms. The Hall–Kier alpha value is -0.580. The van der Waals surface area contributed by atoms with Gasteiger partial charge in [0, 0.05) is 30.7 Å². The van der Waals surface area contributed by atoms with Crippen LogP contribution in [0.2, 0.25) is 0 Å². The molecule has 0 fully saturated rings. The van der Waals surface area contributed by atoms with E-state index in [0.29, 0.717) is 6.42 Å². The van der Waals surface area contributed by atoms with Gasteiger partial charge in [-0.3, -0.25) is 0 Å². The van der Waals surface area contributed by atoms with Gasteiger partial charge in [0.05, 0.1) is 11.7 Å². The van der Waals surface area contributed by atoms with Gasteiger partial charge in [0.15, 0.2) is 0 Å². The Morgan fingerprint density at radius 2 is 2.00 bits per heavy atom. The number of benzene rings is 1. The molecule has 0 amide bonds. The maximum atomic E-state index is 9.86. The highest BCUT2D eigenvalue weighted by atomic mass is 79.9. The second kappa shape index (κ2) is 5.85. The zero-order chi connectivity index (χ0) is 13.1. The smallest absolute Gasteiger partial charge is 0.121 e. The second-order valence-corrected chi connectivity index (χ2v) is 5.51. The zero-order valence-corrected chi connectivity index (χ0v) is 12.2. The molecule has 0 aliphatic rings. The van der Waals surface area contributed by atoms with Crippen LogP contribution in [-0.4, -0.2) is 24.9 Å². The minimum Gasteiger partial charge on any atom is -0.508 e. The molecule has 1 aromatic carbocycles. The summed E-state index contributed by atoms with van der Waals surface area (Å²) in [5, 5.41) is 9.86. The van der Waals surface area contributed by atoms with Gasteiger partial charge < -0.3 is 14.6 Å². The molecular weight excluding hydrogens is 284 g/mol. The number of ether oxygens (including phenoxy) is 2. The maximum Gasteiger partial charge on any atom is 0.121 e. The van der Waals surface area contributed by atoms with Gasteiger partial charge >= 0.3 is 0 Å². The fraction of sp³-hybridized carbons (Fsp3) is 0.538. The van der Waals surface area contributed by atoms with Gasteiger partial charge in [-0.15, -0.1) is 0 Å². The van der Waals surface area contributed by atoms with Crippen LogP contribution < -0.4 is 0 Å². The van der Waals surface area contributed by atoms with E-state index in [0.717, 1.165) is 10.0 Å². The van der Waals surface area contributed by atoms with E-state index in [1.807, 2.05) is 19.9 Å². The van der Waals surface area contributed by atoms with E-state index in [2.05, 4.69) is 15.9 Å². The number of phenols is 1. The zero-order valence-electron chi connectivity index (χ0n) is 10.7. The first-order chi connectivity index (χ1) is 7.89. The van der Waals surface area contributed by atoms with Crippen LogP contribution in [0.3, 0.4) is 0 Å². The Morgan fingerprint density at radius 3 is 2.53 bits per heavy atom. The summed E-state index contributed by atoms with van der Waals surface area (Å²) < 4.78 is 11.8. The minimum atomic E-state index is -0.296. The number of hydrogen-bond acceptors (Lipinski definition) is 3. The molecular formula is C13H19BrO3. The third-order valence-corrected chi connectivity index (χ3v) is 3.34. The molecule has 0 saturated carbocycles. The van der Waals surface area contributed by atoms with Gasteiger partial charge in [-0.25, -0.2) is 0 Å². The molecule has 0 aromatic heterocycles. The molecule has 1 N–H and O–H groups in total. The predicted octanol–water partition coefficient (Wildman–Crippen LogP) is 3.66. The number of aromatic hydroxyl groups is 1. The third-order valence-electron chi connectivity index (χ3n) is 2.85. The van der Waals surface area contributed by atoms with Crippen molar-refractivity contribution in [1.29, 1.82) is 0 Å². The van der Waals surface area contributed by atoms with Crippen LogP contribution >= 0.6 is 15.9 Å². The number of rotatable bonds is 5. The summed E-state index contributed by atoms with van der Waals surface area (Å²) in [4.78, 5) is 0. The molecule has 3 nitrogen and oxygen atoms in total. The fourth-order valence-corrected chi connectivity index (χ4v) is 2.01. The van der Waals surface area contributed by atoms with Crippen molar-refractivity contribution in [2.75, 3.05) is 14.2 Å². The second-order valence-electron chi connectivity index (χ2n) is 4.60. The summed E-state index contributed by atoms with van der Waals surface area (Å²) in [6.07, 6.45) is 0.478. The van der Waals surface area contributed by atoms with Crippen molar-refractivity contribution in [2.45, 2.75) is 32.0 Å². The van der Waals surface area contributed by atoms with E-state index in [4.69, 9.17) is 9.47 Å². The normalized spacial score (nSPS) is 13.7. The molecule has 1 unspecified atom stereocenters. The van der Waals surface area contributed by atoms with Crippen molar-refractivity contribution < 1.29 is 14.6 Å². The molecule has 0 aliphatic heterocycles. The van der Waals surface area contributed by atoms with Gasteiger partial charge in [-0.05, 0) is 32.0 Å². The summed E-state index contributed by atoms with van der Waals surface area (Å²) >= 11 is 3.39.